The summed E-state index contributed by atoms with van der Waals surface area (Å²) in [4.78, 5) is 0.258. The number of aryl methyl sites for hydroxylation is 1. The number of aromatic nitrogens is 1. The van der Waals surface area contributed by atoms with Crippen molar-refractivity contribution in [3.63, 3.8) is 0 Å². The minimum Gasteiger partial charge on any atom is -0.300 e. The van der Waals surface area contributed by atoms with Gasteiger partial charge in [0.2, 0.25) is 0 Å². The molecule has 3 rings (SSSR count). The SMILES string of the molecule is Cc1cc(-c2ccc(S(C)(=O)=O)cc2)n(-c2ccc(F)cc2)c1Cl. The molecule has 124 valence electrons. The summed E-state index contributed by atoms with van der Waals surface area (Å²) in [6.45, 7) is 1.89. The lowest BCUT2D eigenvalue weighted by Crippen LogP contribution is -1.99. The van der Waals surface area contributed by atoms with Crippen LogP contribution in [0.4, 0.5) is 4.39 Å². The van der Waals surface area contributed by atoms with Crippen LogP contribution in [-0.2, 0) is 9.84 Å². The third-order valence-corrected chi connectivity index (χ3v) is 5.37. The second-order valence-electron chi connectivity index (χ2n) is 5.61. The lowest BCUT2D eigenvalue weighted by atomic mass is 10.1. The van der Waals surface area contributed by atoms with Crippen LogP contribution in [-0.4, -0.2) is 19.2 Å². The maximum Gasteiger partial charge on any atom is 0.175 e. The second-order valence-corrected chi connectivity index (χ2v) is 7.99. The lowest BCUT2D eigenvalue weighted by Gasteiger charge is -2.11. The molecule has 24 heavy (non-hydrogen) atoms. The van der Waals surface area contributed by atoms with Crippen molar-refractivity contribution in [2.45, 2.75) is 11.8 Å². The fourth-order valence-corrected chi connectivity index (χ4v) is 3.41. The molecule has 0 radical (unpaired) electrons. The highest BCUT2D eigenvalue weighted by Gasteiger charge is 2.15. The van der Waals surface area contributed by atoms with Gasteiger partial charge in [0.25, 0.3) is 0 Å². The Labute approximate surface area is 145 Å². The van der Waals surface area contributed by atoms with Crippen molar-refractivity contribution in [2.24, 2.45) is 0 Å². The largest absolute Gasteiger partial charge is 0.300 e. The molecule has 1 heterocycles. The number of nitrogens with zero attached hydrogens (tertiary/aromatic N) is 1. The van der Waals surface area contributed by atoms with E-state index in [4.69, 9.17) is 11.6 Å². The Morgan fingerprint density at radius 2 is 1.58 bits per heavy atom. The minimum absolute atomic E-state index is 0.258. The normalized spacial score (nSPS) is 11.7. The van der Waals surface area contributed by atoms with Gasteiger partial charge in [-0.2, -0.15) is 0 Å². The summed E-state index contributed by atoms with van der Waals surface area (Å²) in [6.07, 6.45) is 1.17. The third-order valence-electron chi connectivity index (χ3n) is 3.78. The maximum absolute atomic E-state index is 13.2. The van der Waals surface area contributed by atoms with Crippen molar-refractivity contribution in [3.8, 4) is 16.9 Å². The smallest absolute Gasteiger partial charge is 0.175 e. The van der Waals surface area contributed by atoms with Gasteiger partial charge in [-0.15, -0.1) is 0 Å². The number of hydrogen-bond donors (Lipinski definition) is 0. The van der Waals surface area contributed by atoms with Crippen molar-refractivity contribution in [3.05, 3.63) is 71.1 Å². The monoisotopic (exact) mass is 363 g/mol. The summed E-state index contributed by atoms with van der Waals surface area (Å²) in [5.41, 5.74) is 3.24. The van der Waals surface area contributed by atoms with Crippen LogP contribution in [0.3, 0.4) is 0 Å². The fourth-order valence-electron chi connectivity index (χ4n) is 2.54. The average Bonchev–Trinajstić information content (AvgIpc) is 2.83. The highest BCUT2D eigenvalue weighted by atomic mass is 35.5. The van der Waals surface area contributed by atoms with Gasteiger partial charge in [-0.25, -0.2) is 12.8 Å². The van der Waals surface area contributed by atoms with E-state index < -0.39 is 9.84 Å². The van der Waals surface area contributed by atoms with E-state index in [-0.39, 0.29) is 10.7 Å². The first kappa shape index (κ1) is 16.7. The van der Waals surface area contributed by atoms with Gasteiger partial charge in [0, 0.05) is 11.9 Å². The molecule has 2 aromatic carbocycles. The number of halogens is 2. The van der Waals surface area contributed by atoms with Crippen LogP contribution in [0.5, 0.6) is 0 Å². The van der Waals surface area contributed by atoms with Gasteiger partial charge in [-0.3, -0.25) is 4.57 Å². The first-order chi connectivity index (χ1) is 11.3. The fraction of sp³-hybridized carbons (Fsp3) is 0.111. The molecule has 0 saturated carbocycles. The summed E-state index contributed by atoms with van der Waals surface area (Å²) in [7, 11) is -3.25. The molecule has 6 heteroatoms. The van der Waals surface area contributed by atoms with Crippen molar-refractivity contribution < 1.29 is 12.8 Å². The number of rotatable bonds is 3. The average molecular weight is 364 g/mol. The van der Waals surface area contributed by atoms with Crippen molar-refractivity contribution in [1.29, 1.82) is 0 Å². The summed E-state index contributed by atoms with van der Waals surface area (Å²) in [5.74, 6) is -0.321. The van der Waals surface area contributed by atoms with E-state index in [1.165, 1.54) is 18.4 Å². The number of hydrogen-bond acceptors (Lipinski definition) is 2. The first-order valence-corrected chi connectivity index (χ1v) is 9.48. The van der Waals surface area contributed by atoms with Crippen molar-refractivity contribution in [1.82, 2.24) is 4.57 Å². The minimum atomic E-state index is -3.25. The molecule has 1 aromatic heterocycles. The van der Waals surface area contributed by atoms with Crippen LogP contribution < -0.4 is 0 Å². The molecule has 0 saturated heterocycles. The lowest BCUT2D eigenvalue weighted by molar-refractivity contribution is 0.602. The Balaban J connectivity index is 2.15. The standard InChI is InChI=1S/C18H15ClFNO2S/c1-12-11-17(13-3-9-16(10-4-13)24(2,22)23)21(18(12)19)15-7-5-14(20)6-8-15/h3-11H,1-2H3. The zero-order valence-corrected chi connectivity index (χ0v) is 14.7. The first-order valence-electron chi connectivity index (χ1n) is 7.21. The molecule has 0 aliphatic heterocycles. The van der Waals surface area contributed by atoms with E-state index in [2.05, 4.69) is 0 Å². The van der Waals surface area contributed by atoms with E-state index in [9.17, 15) is 12.8 Å². The van der Waals surface area contributed by atoms with Crippen LogP contribution in [0.25, 0.3) is 16.9 Å². The molecule has 3 nitrogen and oxygen atoms in total. The molecule has 0 amide bonds. The number of benzene rings is 2. The van der Waals surface area contributed by atoms with Crippen LogP contribution in [0.2, 0.25) is 5.15 Å². The molecule has 0 unspecified atom stereocenters. The molecule has 0 spiro atoms. The van der Waals surface area contributed by atoms with Gasteiger partial charge in [-0.05, 0) is 60.5 Å². The van der Waals surface area contributed by atoms with Gasteiger partial charge < -0.3 is 0 Å². The van der Waals surface area contributed by atoms with Crippen LogP contribution in [0, 0.1) is 12.7 Å². The topological polar surface area (TPSA) is 39.1 Å². The Morgan fingerprint density at radius 3 is 2.12 bits per heavy atom. The summed E-state index contributed by atoms with van der Waals surface area (Å²) in [6, 6.07) is 14.6. The van der Waals surface area contributed by atoms with Crippen LogP contribution in [0.15, 0.2) is 59.5 Å². The maximum atomic E-state index is 13.2. The van der Waals surface area contributed by atoms with Gasteiger partial charge >= 0.3 is 0 Å². The predicted molar refractivity (Wildman–Crippen MR) is 94.0 cm³/mol. The highest BCUT2D eigenvalue weighted by molar-refractivity contribution is 7.90. The summed E-state index contributed by atoms with van der Waals surface area (Å²) in [5, 5.41) is 0.531. The quantitative estimate of drug-likeness (QED) is 0.679. The zero-order chi connectivity index (χ0) is 17.5. The summed E-state index contributed by atoms with van der Waals surface area (Å²) < 4.78 is 38.2. The summed E-state index contributed by atoms with van der Waals surface area (Å²) >= 11 is 6.42. The van der Waals surface area contributed by atoms with Crippen LogP contribution in [0.1, 0.15) is 5.56 Å². The second kappa shape index (κ2) is 6.07. The van der Waals surface area contributed by atoms with Gasteiger partial charge in [0.1, 0.15) is 11.0 Å². The van der Waals surface area contributed by atoms with Crippen molar-refractivity contribution >= 4 is 21.4 Å². The van der Waals surface area contributed by atoms with Crippen molar-refractivity contribution in [2.75, 3.05) is 6.26 Å². The molecule has 3 aromatic rings. The van der Waals surface area contributed by atoms with Gasteiger partial charge in [0.15, 0.2) is 9.84 Å². The zero-order valence-electron chi connectivity index (χ0n) is 13.1. The molecule has 0 N–H and O–H groups in total. The molecule has 0 fully saturated rings. The van der Waals surface area contributed by atoms with E-state index in [0.717, 1.165) is 22.5 Å². The molecular formula is C18H15ClFNO2S. The molecule has 0 bridgehead atoms. The van der Waals surface area contributed by atoms with Crippen LogP contribution >= 0.6 is 11.6 Å². The van der Waals surface area contributed by atoms with Gasteiger partial charge in [0.05, 0.1) is 10.6 Å². The van der Waals surface area contributed by atoms with E-state index >= 15 is 0 Å². The Kier molecular flexibility index (Phi) is 4.24. The highest BCUT2D eigenvalue weighted by Crippen LogP contribution is 2.32. The van der Waals surface area contributed by atoms with E-state index in [0.29, 0.717) is 5.15 Å². The molecule has 0 atom stereocenters. The predicted octanol–water partition coefficient (Wildman–Crippen LogP) is 4.65. The van der Waals surface area contributed by atoms with E-state index in [1.807, 2.05) is 17.6 Å². The third kappa shape index (κ3) is 3.09. The number of sulfone groups is 1. The molecule has 0 aliphatic carbocycles. The molecular weight excluding hydrogens is 349 g/mol. The Hall–Kier alpha value is -2.11. The van der Waals surface area contributed by atoms with E-state index in [1.54, 1.807) is 36.4 Å². The Morgan fingerprint density at radius 1 is 1.00 bits per heavy atom. The van der Waals surface area contributed by atoms with Gasteiger partial charge in [-0.1, -0.05) is 23.7 Å². The Bertz CT molecular complexity index is 991. The molecule has 0 aliphatic rings.